The lowest BCUT2D eigenvalue weighted by Gasteiger charge is -2.09. The third kappa shape index (κ3) is 3.31. The molecule has 98 valence electrons. The Bertz CT molecular complexity index is 608. The fraction of sp³-hybridized carbons (Fsp3) is 0.200. The van der Waals surface area contributed by atoms with E-state index in [1.54, 1.807) is 19.1 Å². The number of aromatic nitrogens is 1. The number of aryl methyl sites for hydroxylation is 2. The minimum Gasteiger partial charge on any atom is -0.486 e. The van der Waals surface area contributed by atoms with Gasteiger partial charge < -0.3 is 9.84 Å². The van der Waals surface area contributed by atoms with Crippen LogP contribution < -0.4 is 4.74 Å². The molecule has 1 N–H and O–H groups in total. The average Bonchev–Trinajstić information content (AvgIpc) is 2.37. The molecule has 4 nitrogen and oxygen atoms in total. The highest BCUT2D eigenvalue weighted by molar-refractivity contribution is 5.88. The molecule has 0 aliphatic rings. The molecular weight excluding hydrogens is 242 g/mol. The Labute approximate surface area is 111 Å². The minimum atomic E-state index is -1.08. The summed E-state index contributed by atoms with van der Waals surface area (Å²) in [7, 11) is 0. The highest BCUT2D eigenvalue weighted by Gasteiger charge is 2.13. The summed E-state index contributed by atoms with van der Waals surface area (Å²) in [6.45, 7) is 4.07. The lowest BCUT2D eigenvalue weighted by molar-refractivity contribution is 0.0684. The van der Waals surface area contributed by atoms with Gasteiger partial charge >= 0.3 is 5.97 Å². The van der Waals surface area contributed by atoms with Gasteiger partial charge in [-0.05, 0) is 31.5 Å². The van der Waals surface area contributed by atoms with E-state index < -0.39 is 5.97 Å². The number of carboxylic acid groups (broad SMARTS) is 1. The molecule has 1 heterocycles. The molecule has 0 fully saturated rings. The Morgan fingerprint density at radius 3 is 2.74 bits per heavy atom. The summed E-state index contributed by atoms with van der Waals surface area (Å²) in [5.41, 5.74) is 2.74. The Morgan fingerprint density at radius 2 is 2.05 bits per heavy atom. The Balaban J connectivity index is 2.17. The van der Waals surface area contributed by atoms with Crippen LogP contribution in [0.1, 0.15) is 27.3 Å². The van der Waals surface area contributed by atoms with Gasteiger partial charge in [-0.15, -0.1) is 0 Å². The van der Waals surface area contributed by atoms with E-state index in [1.165, 1.54) is 0 Å². The van der Waals surface area contributed by atoms with Crippen LogP contribution in [0, 0.1) is 13.8 Å². The van der Waals surface area contributed by atoms with Crippen molar-refractivity contribution in [2.24, 2.45) is 0 Å². The first-order valence-corrected chi connectivity index (χ1v) is 5.95. The molecule has 1 aromatic heterocycles. The highest BCUT2D eigenvalue weighted by atomic mass is 16.5. The normalized spacial score (nSPS) is 10.2. The van der Waals surface area contributed by atoms with Crippen LogP contribution >= 0.6 is 0 Å². The van der Waals surface area contributed by atoms with E-state index in [2.05, 4.69) is 4.98 Å². The van der Waals surface area contributed by atoms with Gasteiger partial charge in [0.1, 0.15) is 6.61 Å². The van der Waals surface area contributed by atoms with Gasteiger partial charge in [-0.2, -0.15) is 0 Å². The molecule has 2 aromatic rings. The van der Waals surface area contributed by atoms with E-state index in [-0.39, 0.29) is 5.69 Å². The van der Waals surface area contributed by atoms with Crippen LogP contribution in [0.4, 0.5) is 0 Å². The topological polar surface area (TPSA) is 59.4 Å². The van der Waals surface area contributed by atoms with Crippen molar-refractivity contribution in [1.82, 2.24) is 4.98 Å². The summed E-state index contributed by atoms with van der Waals surface area (Å²) in [6, 6.07) is 11.3. The SMILES string of the molecule is Cc1cccc(COc2ccc(C)nc2C(=O)O)c1. The third-order valence-corrected chi connectivity index (χ3v) is 2.68. The molecule has 2 rings (SSSR count). The molecule has 0 saturated heterocycles. The first-order valence-electron chi connectivity index (χ1n) is 5.95. The van der Waals surface area contributed by atoms with Gasteiger partial charge in [0.15, 0.2) is 11.4 Å². The number of aromatic carboxylic acids is 1. The van der Waals surface area contributed by atoms with Gasteiger partial charge in [-0.25, -0.2) is 9.78 Å². The number of nitrogens with zero attached hydrogens (tertiary/aromatic N) is 1. The van der Waals surface area contributed by atoms with E-state index in [1.807, 2.05) is 31.2 Å². The maximum absolute atomic E-state index is 11.1. The molecule has 0 unspecified atom stereocenters. The number of rotatable bonds is 4. The van der Waals surface area contributed by atoms with Crippen molar-refractivity contribution in [2.45, 2.75) is 20.5 Å². The van der Waals surface area contributed by atoms with Gasteiger partial charge in [0.2, 0.25) is 0 Å². The van der Waals surface area contributed by atoms with Gasteiger partial charge in [-0.1, -0.05) is 29.8 Å². The van der Waals surface area contributed by atoms with E-state index in [9.17, 15) is 4.79 Å². The smallest absolute Gasteiger partial charge is 0.358 e. The first kappa shape index (κ1) is 13.1. The van der Waals surface area contributed by atoms with Crippen molar-refractivity contribution >= 4 is 5.97 Å². The average molecular weight is 257 g/mol. The monoisotopic (exact) mass is 257 g/mol. The summed E-state index contributed by atoms with van der Waals surface area (Å²) >= 11 is 0. The molecular formula is C15H15NO3. The molecule has 0 aliphatic carbocycles. The lowest BCUT2D eigenvalue weighted by Crippen LogP contribution is -2.06. The molecule has 0 saturated carbocycles. The van der Waals surface area contributed by atoms with Crippen molar-refractivity contribution < 1.29 is 14.6 Å². The fourth-order valence-corrected chi connectivity index (χ4v) is 1.78. The molecule has 0 bridgehead atoms. The zero-order chi connectivity index (χ0) is 13.8. The summed E-state index contributed by atoms with van der Waals surface area (Å²) in [6.07, 6.45) is 0. The molecule has 4 heteroatoms. The molecule has 0 atom stereocenters. The van der Waals surface area contributed by atoms with Gasteiger partial charge in [0.25, 0.3) is 0 Å². The van der Waals surface area contributed by atoms with Gasteiger partial charge in [0.05, 0.1) is 0 Å². The van der Waals surface area contributed by atoms with Crippen LogP contribution in [0.25, 0.3) is 0 Å². The fourth-order valence-electron chi connectivity index (χ4n) is 1.78. The molecule has 19 heavy (non-hydrogen) atoms. The molecule has 0 amide bonds. The van der Waals surface area contributed by atoms with Crippen molar-refractivity contribution in [2.75, 3.05) is 0 Å². The van der Waals surface area contributed by atoms with Crippen molar-refractivity contribution in [3.05, 3.63) is 58.9 Å². The van der Waals surface area contributed by atoms with Gasteiger partial charge in [-0.3, -0.25) is 0 Å². The summed E-state index contributed by atoms with van der Waals surface area (Å²) in [4.78, 5) is 15.1. The standard InChI is InChI=1S/C15H15NO3/c1-10-4-3-5-12(8-10)9-19-13-7-6-11(2)16-14(13)15(17)18/h3-8H,9H2,1-2H3,(H,17,18). The number of carbonyl (C=O) groups is 1. The number of ether oxygens (including phenoxy) is 1. The number of hydrogen-bond acceptors (Lipinski definition) is 3. The van der Waals surface area contributed by atoms with Crippen molar-refractivity contribution in [1.29, 1.82) is 0 Å². The zero-order valence-corrected chi connectivity index (χ0v) is 10.9. The Morgan fingerprint density at radius 1 is 1.26 bits per heavy atom. The Kier molecular flexibility index (Phi) is 3.80. The van der Waals surface area contributed by atoms with E-state index in [4.69, 9.17) is 9.84 Å². The second kappa shape index (κ2) is 5.52. The predicted molar refractivity (Wildman–Crippen MR) is 71.4 cm³/mol. The Hall–Kier alpha value is -2.36. The quantitative estimate of drug-likeness (QED) is 0.914. The van der Waals surface area contributed by atoms with E-state index >= 15 is 0 Å². The summed E-state index contributed by atoms with van der Waals surface area (Å²) < 4.78 is 5.55. The van der Waals surface area contributed by atoms with Crippen molar-refractivity contribution in [3.8, 4) is 5.75 Å². The van der Waals surface area contributed by atoms with Crippen LogP contribution in [0.3, 0.4) is 0 Å². The predicted octanol–water partition coefficient (Wildman–Crippen LogP) is 2.98. The van der Waals surface area contributed by atoms with Crippen LogP contribution in [0.2, 0.25) is 0 Å². The second-order valence-electron chi connectivity index (χ2n) is 4.38. The maximum Gasteiger partial charge on any atom is 0.358 e. The summed E-state index contributed by atoms with van der Waals surface area (Å²) in [5.74, 6) is -0.789. The molecule has 0 aliphatic heterocycles. The van der Waals surface area contributed by atoms with E-state index in [0.717, 1.165) is 11.1 Å². The number of benzene rings is 1. The zero-order valence-electron chi connectivity index (χ0n) is 10.9. The van der Waals surface area contributed by atoms with E-state index in [0.29, 0.717) is 18.1 Å². The number of pyridine rings is 1. The first-order chi connectivity index (χ1) is 9.06. The molecule has 1 aromatic carbocycles. The molecule has 0 spiro atoms. The molecule has 0 radical (unpaired) electrons. The highest BCUT2D eigenvalue weighted by Crippen LogP contribution is 2.18. The maximum atomic E-state index is 11.1. The number of hydrogen-bond donors (Lipinski definition) is 1. The van der Waals surface area contributed by atoms with Crippen molar-refractivity contribution in [3.63, 3.8) is 0 Å². The third-order valence-electron chi connectivity index (χ3n) is 2.68. The van der Waals surface area contributed by atoms with Crippen LogP contribution in [-0.4, -0.2) is 16.1 Å². The van der Waals surface area contributed by atoms with Crippen LogP contribution in [0.15, 0.2) is 36.4 Å². The number of carboxylic acids is 1. The minimum absolute atomic E-state index is 0.0485. The second-order valence-corrected chi connectivity index (χ2v) is 4.38. The largest absolute Gasteiger partial charge is 0.486 e. The van der Waals surface area contributed by atoms with Crippen LogP contribution in [-0.2, 0) is 6.61 Å². The van der Waals surface area contributed by atoms with Crippen LogP contribution in [0.5, 0.6) is 5.75 Å². The lowest BCUT2D eigenvalue weighted by atomic mass is 10.1. The van der Waals surface area contributed by atoms with Gasteiger partial charge in [0, 0.05) is 5.69 Å². The summed E-state index contributed by atoms with van der Waals surface area (Å²) in [5, 5.41) is 9.09.